The van der Waals surface area contributed by atoms with Crippen LogP contribution in [0.15, 0.2) is 23.6 Å². The van der Waals surface area contributed by atoms with E-state index in [9.17, 15) is 4.39 Å². The number of aryl methyl sites for hydroxylation is 2. The number of benzene rings is 1. The molecule has 2 aromatic rings. The SMILES string of the molecule is CNC(Cc1nc(C)cs1)c1ccc(F)cc1C. The molecule has 2 rings (SSSR count). The monoisotopic (exact) mass is 264 g/mol. The molecule has 96 valence electrons. The molecule has 0 bridgehead atoms. The minimum absolute atomic E-state index is 0.177. The highest BCUT2D eigenvalue weighted by molar-refractivity contribution is 7.09. The summed E-state index contributed by atoms with van der Waals surface area (Å²) in [6, 6.07) is 5.12. The van der Waals surface area contributed by atoms with Crippen LogP contribution in [0.2, 0.25) is 0 Å². The fraction of sp³-hybridized carbons (Fsp3) is 0.357. The maximum Gasteiger partial charge on any atom is 0.123 e. The highest BCUT2D eigenvalue weighted by Gasteiger charge is 2.14. The summed E-state index contributed by atoms with van der Waals surface area (Å²) in [5.74, 6) is -0.184. The number of rotatable bonds is 4. The van der Waals surface area contributed by atoms with E-state index in [1.807, 2.05) is 27.0 Å². The number of hydrogen-bond donors (Lipinski definition) is 1. The van der Waals surface area contributed by atoms with Crippen LogP contribution in [0, 0.1) is 19.7 Å². The molecule has 1 aromatic carbocycles. The quantitative estimate of drug-likeness (QED) is 0.915. The Morgan fingerprint density at radius 3 is 2.72 bits per heavy atom. The zero-order chi connectivity index (χ0) is 13.1. The first-order valence-corrected chi connectivity index (χ1v) is 6.82. The van der Waals surface area contributed by atoms with Crippen molar-refractivity contribution in [2.24, 2.45) is 0 Å². The topological polar surface area (TPSA) is 24.9 Å². The van der Waals surface area contributed by atoms with Crippen LogP contribution in [0.1, 0.15) is 27.9 Å². The smallest absolute Gasteiger partial charge is 0.123 e. The Labute approximate surface area is 111 Å². The van der Waals surface area contributed by atoms with Crippen LogP contribution < -0.4 is 5.32 Å². The number of hydrogen-bond acceptors (Lipinski definition) is 3. The summed E-state index contributed by atoms with van der Waals surface area (Å²) in [7, 11) is 1.92. The number of likely N-dealkylation sites (N-methyl/N-ethyl adjacent to an activating group) is 1. The van der Waals surface area contributed by atoms with E-state index in [0.29, 0.717) is 0 Å². The van der Waals surface area contributed by atoms with Crippen LogP contribution in [0.4, 0.5) is 4.39 Å². The molecule has 0 spiro atoms. The lowest BCUT2D eigenvalue weighted by molar-refractivity contribution is 0.580. The molecule has 18 heavy (non-hydrogen) atoms. The van der Waals surface area contributed by atoms with Crippen molar-refractivity contribution < 1.29 is 4.39 Å². The summed E-state index contributed by atoms with van der Waals surface area (Å²) in [5.41, 5.74) is 3.16. The number of thiazole rings is 1. The molecule has 1 atom stereocenters. The van der Waals surface area contributed by atoms with Gasteiger partial charge >= 0.3 is 0 Å². The molecule has 0 aliphatic carbocycles. The lowest BCUT2D eigenvalue weighted by Gasteiger charge is -2.17. The Balaban J connectivity index is 2.22. The van der Waals surface area contributed by atoms with E-state index < -0.39 is 0 Å². The number of nitrogens with one attached hydrogen (secondary N) is 1. The molecule has 2 nitrogen and oxygen atoms in total. The van der Waals surface area contributed by atoms with Gasteiger partial charge in [-0.1, -0.05) is 6.07 Å². The van der Waals surface area contributed by atoms with Gasteiger partial charge in [0.15, 0.2) is 0 Å². The summed E-state index contributed by atoms with van der Waals surface area (Å²) >= 11 is 1.67. The molecule has 0 amide bonds. The Morgan fingerprint density at radius 1 is 1.39 bits per heavy atom. The summed E-state index contributed by atoms with van der Waals surface area (Å²) in [4.78, 5) is 4.48. The van der Waals surface area contributed by atoms with Crippen LogP contribution >= 0.6 is 11.3 Å². The van der Waals surface area contributed by atoms with Gasteiger partial charge in [0.05, 0.1) is 5.01 Å². The van der Waals surface area contributed by atoms with Crippen LogP contribution in [-0.4, -0.2) is 12.0 Å². The number of aromatic nitrogens is 1. The molecule has 0 saturated carbocycles. The molecule has 1 heterocycles. The number of nitrogens with zero attached hydrogens (tertiary/aromatic N) is 1. The molecular weight excluding hydrogens is 247 g/mol. The van der Waals surface area contributed by atoms with Crippen LogP contribution in [0.25, 0.3) is 0 Å². The predicted octanol–water partition coefficient (Wildman–Crippen LogP) is 3.40. The van der Waals surface area contributed by atoms with Gasteiger partial charge in [0.25, 0.3) is 0 Å². The average molecular weight is 264 g/mol. The van der Waals surface area contributed by atoms with Crippen LogP contribution in [-0.2, 0) is 6.42 Å². The molecule has 1 N–H and O–H groups in total. The van der Waals surface area contributed by atoms with Crippen molar-refractivity contribution in [3.63, 3.8) is 0 Å². The van der Waals surface area contributed by atoms with Crippen molar-refractivity contribution in [1.29, 1.82) is 0 Å². The normalized spacial score (nSPS) is 12.7. The van der Waals surface area contributed by atoms with Gasteiger partial charge < -0.3 is 5.32 Å². The van der Waals surface area contributed by atoms with Gasteiger partial charge in [0.1, 0.15) is 5.82 Å². The molecular formula is C14H17FN2S. The van der Waals surface area contributed by atoms with Gasteiger partial charge in [-0.2, -0.15) is 0 Å². The first kappa shape index (κ1) is 13.2. The van der Waals surface area contributed by atoms with Crippen molar-refractivity contribution in [2.45, 2.75) is 26.3 Å². The first-order chi connectivity index (χ1) is 8.60. The first-order valence-electron chi connectivity index (χ1n) is 5.94. The maximum atomic E-state index is 13.1. The molecule has 1 aromatic heterocycles. The maximum absolute atomic E-state index is 13.1. The zero-order valence-electron chi connectivity index (χ0n) is 10.8. The van der Waals surface area contributed by atoms with Gasteiger partial charge in [-0.15, -0.1) is 11.3 Å². The van der Waals surface area contributed by atoms with E-state index in [4.69, 9.17) is 0 Å². The third kappa shape index (κ3) is 2.94. The lowest BCUT2D eigenvalue weighted by atomic mass is 9.99. The van der Waals surface area contributed by atoms with E-state index in [0.717, 1.165) is 28.2 Å². The summed E-state index contributed by atoms with van der Waals surface area (Å²) in [6.07, 6.45) is 0.835. The second kappa shape index (κ2) is 5.59. The molecule has 0 radical (unpaired) electrons. The second-order valence-electron chi connectivity index (χ2n) is 4.43. The van der Waals surface area contributed by atoms with Gasteiger partial charge in [-0.3, -0.25) is 0 Å². The molecule has 1 unspecified atom stereocenters. The summed E-state index contributed by atoms with van der Waals surface area (Å²) in [6.45, 7) is 3.94. The third-order valence-electron chi connectivity index (χ3n) is 3.00. The number of halogens is 1. The minimum atomic E-state index is -0.184. The largest absolute Gasteiger partial charge is 0.313 e. The van der Waals surface area contributed by atoms with E-state index in [1.165, 1.54) is 6.07 Å². The third-order valence-corrected chi connectivity index (χ3v) is 3.99. The van der Waals surface area contributed by atoms with Crippen molar-refractivity contribution in [3.05, 3.63) is 51.2 Å². The van der Waals surface area contributed by atoms with Gasteiger partial charge in [0, 0.05) is 23.5 Å². The van der Waals surface area contributed by atoms with Crippen molar-refractivity contribution >= 4 is 11.3 Å². The molecule has 0 fully saturated rings. The highest BCUT2D eigenvalue weighted by Crippen LogP contribution is 2.23. The van der Waals surface area contributed by atoms with Gasteiger partial charge in [-0.05, 0) is 44.2 Å². The van der Waals surface area contributed by atoms with Gasteiger partial charge in [-0.25, -0.2) is 9.37 Å². The molecule has 0 aliphatic heterocycles. The molecule has 0 saturated heterocycles. The average Bonchev–Trinajstić information content (AvgIpc) is 2.72. The summed E-state index contributed by atoms with van der Waals surface area (Å²) in [5, 5.41) is 6.44. The lowest BCUT2D eigenvalue weighted by Crippen LogP contribution is -2.19. The predicted molar refractivity (Wildman–Crippen MR) is 73.5 cm³/mol. The second-order valence-corrected chi connectivity index (χ2v) is 5.37. The fourth-order valence-electron chi connectivity index (χ4n) is 2.07. The molecule has 4 heteroatoms. The highest BCUT2D eigenvalue weighted by atomic mass is 32.1. The standard InChI is InChI=1S/C14H17FN2S/c1-9-6-11(15)4-5-12(9)13(16-3)7-14-17-10(2)8-18-14/h4-6,8,13,16H,7H2,1-3H3. The van der Waals surface area contributed by atoms with Crippen LogP contribution in [0.5, 0.6) is 0 Å². The van der Waals surface area contributed by atoms with Gasteiger partial charge in [0.2, 0.25) is 0 Å². The Hall–Kier alpha value is -1.26. The zero-order valence-corrected chi connectivity index (χ0v) is 11.6. The Kier molecular flexibility index (Phi) is 4.09. The Morgan fingerprint density at radius 2 is 2.17 bits per heavy atom. The fourth-order valence-corrected chi connectivity index (χ4v) is 2.89. The Bertz CT molecular complexity index is 536. The van der Waals surface area contributed by atoms with Crippen molar-refractivity contribution in [3.8, 4) is 0 Å². The van der Waals surface area contributed by atoms with E-state index in [2.05, 4.69) is 15.7 Å². The van der Waals surface area contributed by atoms with Crippen molar-refractivity contribution in [2.75, 3.05) is 7.05 Å². The minimum Gasteiger partial charge on any atom is -0.313 e. The van der Waals surface area contributed by atoms with E-state index in [1.54, 1.807) is 17.4 Å². The van der Waals surface area contributed by atoms with Crippen molar-refractivity contribution in [1.82, 2.24) is 10.3 Å². The molecule has 0 aliphatic rings. The van der Waals surface area contributed by atoms with Crippen LogP contribution in [0.3, 0.4) is 0 Å². The van der Waals surface area contributed by atoms with E-state index >= 15 is 0 Å². The van der Waals surface area contributed by atoms with E-state index in [-0.39, 0.29) is 11.9 Å². The summed E-state index contributed by atoms with van der Waals surface area (Å²) < 4.78 is 13.1.